The van der Waals surface area contributed by atoms with Gasteiger partial charge >= 0.3 is 0 Å². The molecule has 16 heavy (non-hydrogen) atoms. The second-order valence-corrected chi connectivity index (χ2v) is 5.01. The van der Waals surface area contributed by atoms with Gasteiger partial charge in [0, 0.05) is 6.04 Å². The Morgan fingerprint density at radius 3 is 3.06 bits per heavy atom. The predicted octanol–water partition coefficient (Wildman–Crippen LogP) is 2.16. The number of piperidine rings is 1. The molecule has 1 heterocycles. The smallest absolute Gasteiger partial charge is 0.119 e. The summed E-state index contributed by atoms with van der Waals surface area (Å²) in [5.41, 5.74) is 3.01. The van der Waals surface area contributed by atoms with Gasteiger partial charge in [0.1, 0.15) is 5.75 Å². The van der Waals surface area contributed by atoms with Crippen molar-refractivity contribution in [2.75, 3.05) is 13.7 Å². The fraction of sp³-hybridized carbons (Fsp3) is 0.571. The number of nitrogens with one attached hydrogen (secondary N) is 1. The van der Waals surface area contributed by atoms with E-state index in [4.69, 9.17) is 4.74 Å². The highest BCUT2D eigenvalue weighted by Gasteiger charge is 2.30. The Balaban J connectivity index is 1.89. The minimum Gasteiger partial charge on any atom is -0.497 e. The van der Waals surface area contributed by atoms with Gasteiger partial charge in [-0.3, -0.25) is 0 Å². The molecule has 2 unspecified atom stereocenters. The lowest BCUT2D eigenvalue weighted by Gasteiger charge is -2.37. The van der Waals surface area contributed by atoms with Crippen molar-refractivity contribution in [1.29, 1.82) is 0 Å². The number of rotatable bonds is 1. The van der Waals surface area contributed by atoms with Gasteiger partial charge in [-0.1, -0.05) is 6.07 Å². The molecule has 0 aromatic heterocycles. The van der Waals surface area contributed by atoms with E-state index in [1.165, 1.54) is 43.4 Å². The van der Waals surface area contributed by atoms with Gasteiger partial charge in [-0.2, -0.15) is 0 Å². The van der Waals surface area contributed by atoms with Gasteiger partial charge in [0.2, 0.25) is 0 Å². The summed E-state index contributed by atoms with van der Waals surface area (Å²) in [6, 6.07) is 7.26. The lowest BCUT2D eigenvalue weighted by Crippen LogP contribution is -2.45. The fourth-order valence-electron chi connectivity index (χ4n) is 3.14. The van der Waals surface area contributed by atoms with E-state index in [0.717, 1.165) is 17.7 Å². The molecule has 1 aromatic rings. The number of methoxy groups -OCH3 is 1. The molecule has 1 aliphatic heterocycles. The molecule has 0 saturated carbocycles. The van der Waals surface area contributed by atoms with E-state index in [9.17, 15) is 0 Å². The van der Waals surface area contributed by atoms with Crippen molar-refractivity contribution in [2.24, 2.45) is 5.92 Å². The van der Waals surface area contributed by atoms with E-state index in [0.29, 0.717) is 0 Å². The number of benzene rings is 1. The van der Waals surface area contributed by atoms with Gasteiger partial charge in [-0.05, 0) is 61.4 Å². The number of hydrogen-bond acceptors (Lipinski definition) is 2. The van der Waals surface area contributed by atoms with Crippen LogP contribution < -0.4 is 10.1 Å². The Hall–Kier alpha value is -1.02. The first kappa shape index (κ1) is 10.2. The topological polar surface area (TPSA) is 21.3 Å². The van der Waals surface area contributed by atoms with Gasteiger partial charge in [-0.25, -0.2) is 0 Å². The van der Waals surface area contributed by atoms with Crippen molar-refractivity contribution in [1.82, 2.24) is 5.32 Å². The Labute approximate surface area is 97.0 Å². The highest BCUT2D eigenvalue weighted by Crippen LogP contribution is 2.32. The summed E-state index contributed by atoms with van der Waals surface area (Å²) in [4.78, 5) is 0. The molecule has 2 nitrogen and oxygen atoms in total. The molecule has 0 bridgehead atoms. The van der Waals surface area contributed by atoms with E-state index in [1.54, 1.807) is 7.11 Å². The third kappa shape index (κ3) is 1.71. The molecule has 2 aliphatic rings. The molecule has 3 rings (SSSR count). The highest BCUT2D eigenvalue weighted by molar-refractivity contribution is 5.38. The Morgan fingerprint density at radius 2 is 2.19 bits per heavy atom. The Bertz CT molecular complexity index is 388. The molecule has 1 saturated heterocycles. The lowest BCUT2D eigenvalue weighted by molar-refractivity contribution is 0.263. The zero-order valence-corrected chi connectivity index (χ0v) is 9.83. The van der Waals surface area contributed by atoms with Crippen LogP contribution in [0.3, 0.4) is 0 Å². The average Bonchev–Trinajstić information content (AvgIpc) is 2.35. The SMILES string of the molecule is COc1ccc2c(c1)CC1CCCNC1C2. The fourth-order valence-corrected chi connectivity index (χ4v) is 3.14. The molecule has 0 spiro atoms. The van der Waals surface area contributed by atoms with Gasteiger partial charge in [0.15, 0.2) is 0 Å². The van der Waals surface area contributed by atoms with Crippen LogP contribution in [0.2, 0.25) is 0 Å². The third-order valence-electron chi connectivity index (χ3n) is 4.06. The molecule has 1 aromatic carbocycles. The van der Waals surface area contributed by atoms with Crippen molar-refractivity contribution in [2.45, 2.75) is 31.7 Å². The Morgan fingerprint density at radius 1 is 1.25 bits per heavy atom. The summed E-state index contributed by atoms with van der Waals surface area (Å²) in [7, 11) is 1.75. The summed E-state index contributed by atoms with van der Waals surface area (Å²) >= 11 is 0. The molecule has 0 radical (unpaired) electrons. The minimum atomic E-state index is 0.717. The van der Waals surface area contributed by atoms with Crippen molar-refractivity contribution in [3.8, 4) is 5.75 Å². The molecule has 1 aliphatic carbocycles. The van der Waals surface area contributed by atoms with Crippen molar-refractivity contribution >= 4 is 0 Å². The Kier molecular flexibility index (Phi) is 2.60. The summed E-state index contributed by atoms with van der Waals surface area (Å²) in [5.74, 6) is 1.84. The average molecular weight is 217 g/mol. The molecule has 2 atom stereocenters. The molecule has 86 valence electrons. The van der Waals surface area contributed by atoms with Crippen LogP contribution in [0.4, 0.5) is 0 Å². The molecule has 2 heteroatoms. The van der Waals surface area contributed by atoms with Crippen LogP contribution in [0.25, 0.3) is 0 Å². The van der Waals surface area contributed by atoms with Crippen LogP contribution in [0.15, 0.2) is 18.2 Å². The highest BCUT2D eigenvalue weighted by atomic mass is 16.5. The van der Waals surface area contributed by atoms with E-state index in [2.05, 4.69) is 23.5 Å². The summed E-state index contributed by atoms with van der Waals surface area (Å²) < 4.78 is 5.30. The standard InChI is InChI=1S/C14H19NO/c1-16-13-5-4-10-9-14-11(3-2-6-15-14)7-12(10)8-13/h4-5,8,11,14-15H,2-3,6-7,9H2,1H3. The first-order valence-electron chi connectivity index (χ1n) is 6.26. The van der Waals surface area contributed by atoms with Crippen molar-refractivity contribution in [3.05, 3.63) is 29.3 Å². The van der Waals surface area contributed by atoms with E-state index < -0.39 is 0 Å². The molecular formula is C14H19NO. The normalized spacial score (nSPS) is 28.1. The summed E-state index contributed by atoms with van der Waals surface area (Å²) in [5, 5.41) is 3.66. The second-order valence-electron chi connectivity index (χ2n) is 5.01. The van der Waals surface area contributed by atoms with Crippen LogP contribution in [0, 0.1) is 5.92 Å². The number of fused-ring (bicyclic) bond motifs is 2. The molecule has 0 amide bonds. The van der Waals surface area contributed by atoms with Crippen LogP contribution in [0.5, 0.6) is 5.75 Å². The second kappa shape index (κ2) is 4.10. The maximum Gasteiger partial charge on any atom is 0.119 e. The zero-order chi connectivity index (χ0) is 11.0. The van der Waals surface area contributed by atoms with Crippen LogP contribution in [-0.2, 0) is 12.8 Å². The van der Waals surface area contributed by atoms with Crippen LogP contribution >= 0.6 is 0 Å². The zero-order valence-electron chi connectivity index (χ0n) is 9.83. The van der Waals surface area contributed by atoms with Gasteiger partial charge in [0.25, 0.3) is 0 Å². The van der Waals surface area contributed by atoms with Crippen LogP contribution in [0.1, 0.15) is 24.0 Å². The minimum absolute atomic E-state index is 0.717. The molecule has 1 N–H and O–H groups in total. The molecular weight excluding hydrogens is 198 g/mol. The van der Waals surface area contributed by atoms with E-state index in [1.807, 2.05) is 0 Å². The third-order valence-corrected chi connectivity index (χ3v) is 4.06. The maximum absolute atomic E-state index is 5.30. The largest absolute Gasteiger partial charge is 0.497 e. The summed E-state index contributed by atoms with van der Waals surface area (Å²) in [6.45, 7) is 1.20. The van der Waals surface area contributed by atoms with Crippen LogP contribution in [-0.4, -0.2) is 19.7 Å². The quantitative estimate of drug-likeness (QED) is 0.778. The first-order valence-corrected chi connectivity index (χ1v) is 6.26. The number of ether oxygens (including phenoxy) is 1. The van der Waals surface area contributed by atoms with Gasteiger partial charge in [-0.15, -0.1) is 0 Å². The first-order chi connectivity index (χ1) is 7.86. The van der Waals surface area contributed by atoms with Crippen molar-refractivity contribution < 1.29 is 4.74 Å². The number of hydrogen-bond donors (Lipinski definition) is 1. The summed E-state index contributed by atoms with van der Waals surface area (Å²) in [6.07, 6.45) is 5.14. The van der Waals surface area contributed by atoms with Crippen molar-refractivity contribution in [3.63, 3.8) is 0 Å². The van der Waals surface area contributed by atoms with E-state index in [-0.39, 0.29) is 0 Å². The molecule has 1 fully saturated rings. The maximum atomic E-state index is 5.30. The van der Waals surface area contributed by atoms with E-state index >= 15 is 0 Å². The van der Waals surface area contributed by atoms with Gasteiger partial charge in [0.05, 0.1) is 7.11 Å². The van der Waals surface area contributed by atoms with Gasteiger partial charge < -0.3 is 10.1 Å². The predicted molar refractivity (Wildman–Crippen MR) is 64.9 cm³/mol. The lowest BCUT2D eigenvalue weighted by atomic mass is 9.76. The monoisotopic (exact) mass is 217 g/mol.